The van der Waals surface area contributed by atoms with Gasteiger partial charge in [0.25, 0.3) is 5.91 Å². The number of carbonyl (C=O) groups is 4. The Morgan fingerprint density at radius 3 is 2.76 bits per heavy atom. The highest BCUT2D eigenvalue weighted by Gasteiger charge is 2.28. The molecule has 0 unspecified atom stereocenters. The molecule has 8 heteroatoms. The molecule has 0 saturated carbocycles. The summed E-state index contributed by atoms with van der Waals surface area (Å²) in [7, 11) is 0. The second-order valence-corrected chi connectivity index (χ2v) is 5.89. The smallest absolute Gasteiger partial charge is 0.324 e. The number of amides is 4. The predicted molar refractivity (Wildman–Crippen MR) is 87.8 cm³/mol. The van der Waals surface area contributed by atoms with Gasteiger partial charge in [0.1, 0.15) is 0 Å². The number of carbonyl (C=O) groups excluding carboxylic acids is 4. The SMILES string of the molecule is O=C(CCCN1C(=O)CNC1=O)OCC(=O)N1CCc2ccccc21. The summed E-state index contributed by atoms with van der Waals surface area (Å²) in [6, 6.07) is 7.20. The van der Waals surface area contributed by atoms with Crippen LogP contribution >= 0.6 is 0 Å². The molecular weight excluding hydrogens is 326 g/mol. The highest BCUT2D eigenvalue weighted by molar-refractivity contribution is 6.02. The van der Waals surface area contributed by atoms with E-state index in [4.69, 9.17) is 4.74 Å². The zero-order valence-corrected chi connectivity index (χ0v) is 13.7. The van der Waals surface area contributed by atoms with Gasteiger partial charge >= 0.3 is 12.0 Å². The summed E-state index contributed by atoms with van der Waals surface area (Å²) < 4.78 is 5.02. The predicted octanol–water partition coefficient (Wildman–Crippen LogP) is 0.451. The Morgan fingerprint density at radius 2 is 2.00 bits per heavy atom. The van der Waals surface area contributed by atoms with Crippen molar-refractivity contribution in [2.75, 3.05) is 31.1 Å². The number of rotatable bonds is 6. The van der Waals surface area contributed by atoms with Gasteiger partial charge in [-0.25, -0.2) is 4.79 Å². The standard InChI is InChI=1S/C17H19N3O5/c21-14-10-18-17(24)20(14)8-3-6-16(23)25-11-15(22)19-9-7-12-4-1-2-5-13(12)19/h1-2,4-5H,3,6-11H2,(H,18,24). The second-order valence-electron chi connectivity index (χ2n) is 5.89. The molecule has 1 N–H and O–H groups in total. The van der Waals surface area contributed by atoms with Crippen LogP contribution in [0.25, 0.3) is 0 Å². The third-order valence-electron chi connectivity index (χ3n) is 4.24. The number of hydrogen-bond donors (Lipinski definition) is 1. The van der Waals surface area contributed by atoms with Crippen molar-refractivity contribution in [1.82, 2.24) is 10.2 Å². The summed E-state index contributed by atoms with van der Waals surface area (Å²) in [6.45, 7) is 0.431. The van der Waals surface area contributed by atoms with Gasteiger partial charge in [0, 0.05) is 25.2 Å². The lowest BCUT2D eigenvalue weighted by atomic mass is 10.2. The highest BCUT2D eigenvalue weighted by atomic mass is 16.5. The van der Waals surface area contributed by atoms with Crippen molar-refractivity contribution >= 4 is 29.5 Å². The van der Waals surface area contributed by atoms with Crippen LogP contribution in [-0.4, -0.2) is 55.0 Å². The number of para-hydroxylation sites is 1. The molecule has 0 spiro atoms. The van der Waals surface area contributed by atoms with Gasteiger partial charge in [0.2, 0.25) is 5.91 Å². The van der Waals surface area contributed by atoms with E-state index in [0.29, 0.717) is 13.0 Å². The summed E-state index contributed by atoms with van der Waals surface area (Å²) in [5.74, 6) is -1.08. The van der Waals surface area contributed by atoms with Gasteiger partial charge in [-0.2, -0.15) is 0 Å². The first-order valence-electron chi connectivity index (χ1n) is 8.18. The van der Waals surface area contributed by atoms with Crippen LogP contribution in [0, 0.1) is 0 Å². The van der Waals surface area contributed by atoms with Crippen molar-refractivity contribution in [3.63, 3.8) is 0 Å². The minimum Gasteiger partial charge on any atom is -0.456 e. The normalized spacial score (nSPS) is 16.0. The van der Waals surface area contributed by atoms with E-state index in [1.807, 2.05) is 24.3 Å². The van der Waals surface area contributed by atoms with Crippen LogP contribution in [0.1, 0.15) is 18.4 Å². The number of benzene rings is 1. The molecule has 0 aliphatic carbocycles. The van der Waals surface area contributed by atoms with Crippen LogP contribution in [0.2, 0.25) is 0 Å². The monoisotopic (exact) mass is 345 g/mol. The molecule has 8 nitrogen and oxygen atoms in total. The van der Waals surface area contributed by atoms with Crippen molar-refractivity contribution in [3.8, 4) is 0 Å². The van der Waals surface area contributed by atoms with Crippen LogP contribution in [0.5, 0.6) is 0 Å². The maximum atomic E-state index is 12.2. The van der Waals surface area contributed by atoms with Gasteiger partial charge in [-0.1, -0.05) is 18.2 Å². The quantitative estimate of drug-likeness (QED) is 0.597. The van der Waals surface area contributed by atoms with Crippen LogP contribution < -0.4 is 10.2 Å². The van der Waals surface area contributed by atoms with Gasteiger partial charge in [-0.3, -0.25) is 19.3 Å². The first-order chi connectivity index (χ1) is 12.1. The van der Waals surface area contributed by atoms with Gasteiger partial charge < -0.3 is 15.0 Å². The lowest BCUT2D eigenvalue weighted by Gasteiger charge is -2.17. The molecule has 1 aromatic carbocycles. The van der Waals surface area contributed by atoms with Crippen molar-refractivity contribution < 1.29 is 23.9 Å². The number of nitrogens with zero attached hydrogens (tertiary/aromatic N) is 2. The minimum atomic E-state index is -0.520. The molecule has 0 atom stereocenters. The van der Waals surface area contributed by atoms with E-state index in [1.54, 1.807) is 4.90 Å². The number of imide groups is 1. The molecule has 1 saturated heterocycles. The summed E-state index contributed by atoms with van der Waals surface area (Å²) >= 11 is 0. The number of esters is 1. The number of nitrogens with one attached hydrogen (secondary N) is 1. The highest BCUT2D eigenvalue weighted by Crippen LogP contribution is 2.27. The molecule has 2 aliphatic heterocycles. The zero-order valence-electron chi connectivity index (χ0n) is 13.7. The van der Waals surface area contributed by atoms with Crippen LogP contribution in [0.4, 0.5) is 10.5 Å². The summed E-state index contributed by atoms with van der Waals surface area (Å²) in [6.07, 6.45) is 1.14. The third-order valence-corrected chi connectivity index (χ3v) is 4.24. The second kappa shape index (κ2) is 7.33. The molecule has 2 heterocycles. The fraction of sp³-hybridized carbons (Fsp3) is 0.412. The number of ether oxygens (including phenoxy) is 1. The fourth-order valence-corrected chi connectivity index (χ4v) is 2.95. The van der Waals surface area contributed by atoms with Gasteiger partial charge in [0.15, 0.2) is 6.61 Å². The van der Waals surface area contributed by atoms with E-state index in [1.165, 1.54) is 0 Å². The lowest BCUT2D eigenvalue weighted by molar-refractivity contribution is -0.148. The van der Waals surface area contributed by atoms with Crippen molar-refractivity contribution in [2.24, 2.45) is 0 Å². The summed E-state index contributed by atoms with van der Waals surface area (Å²) in [5.41, 5.74) is 1.97. The van der Waals surface area contributed by atoms with E-state index in [-0.39, 0.29) is 37.9 Å². The van der Waals surface area contributed by atoms with Crippen molar-refractivity contribution in [1.29, 1.82) is 0 Å². The maximum Gasteiger partial charge on any atom is 0.324 e. The zero-order chi connectivity index (χ0) is 17.8. The van der Waals surface area contributed by atoms with E-state index < -0.39 is 12.0 Å². The first kappa shape index (κ1) is 16.9. The average Bonchev–Trinajstić information content (AvgIpc) is 3.18. The Hall–Kier alpha value is -2.90. The number of fused-ring (bicyclic) bond motifs is 1. The largest absolute Gasteiger partial charge is 0.456 e. The van der Waals surface area contributed by atoms with E-state index in [9.17, 15) is 19.2 Å². The van der Waals surface area contributed by atoms with E-state index in [2.05, 4.69) is 5.32 Å². The maximum absolute atomic E-state index is 12.2. The number of anilines is 1. The Balaban J connectivity index is 1.40. The topological polar surface area (TPSA) is 96.0 Å². The van der Waals surface area contributed by atoms with Crippen LogP contribution in [0.3, 0.4) is 0 Å². The molecule has 132 valence electrons. The van der Waals surface area contributed by atoms with Crippen molar-refractivity contribution in [3.05, 3.63) is 29.8 Å². The molecule has 0 bridgehead atoms. The number of urea groups is 1. The minimum absolute atomic E-state index is 0.00487. The Kier molecular flexibility index (Phi) is 4.97. The van der Waals surface area contributed by atoms with E-state index >= 15 is 0 Å². The van der Waals surface area contributed by atoms with Gasteiger partial charge in [-0.15, -0.1) is 0 Å². The van der Waals surface area contributed by atoms with Crippen molar-refractivity contribution in [2.45, 2.75) is 19.3 Å². The Bertz CT molecular complexity index is 702. The molecule has 1 fully saturated rings. The van der Waals surface area contributed by atoms with Gasteiger partial charge in [-0.05, 0) is 24.5 Å². The fourth-order valence-electron chi connectivity index (χ4n) is 2.95. The molecule has 0 aromatic heterocycles. The lowest BCUT2D eigenvalue weighted by Crippen LogP contribution is -2.33. The van der Waals surface area contributed by atoms with Crippen LogP contribution in [-0.2, 0) is 25.5 Å². The van der Waals surface area contributed by atoms with Crippen LogP contribution in [0.15, 0.2) is 24.3 Å². The molecular formula is C17H19N3O5. The Labute approximate surface area is 144 Å². The average molecular weight is 345 g/mol. The molecule has 2 aliphatic rings. The van der Waals surface area contributed by atoms with E-state index in [0.717, 1.165) is 22.6 Å². The first-order valence-corrected chi connectivity index (χ1v) is 8.18. The molecule has 4 amide bonds. The molecule has 25 heavy (non-hydrogen) atoms. The van der Waals surface area contributed by atoms with Gasteiger partial charge in [0.05, 0.1) is 6.54 Å². The number of hydrogen-bond acceptors (Lipinski definition) is 5. The Morgan fingerprint density at radius 1 is 1.20 bits per heavy atom. The summed E-state index contributed by atoms with van der Waals surface area (Å²) in [4.78, 5) is 49.4. The molecule has 0 radical (unpaired) electrons. The molecule has 3 rings (SSSR count). The summed E-state index contributed by atoms with van der Waals surface area (Å²) in [5, 5.41) is 2.41. The molecule has 1 aromatic rings. The third kappa shape index (κ3) is 3.78.